The highest BCUT2D eigenvalue weighted by molar-refractivity contribution is 6.30. The van der Waals surface area contributed by atoms with Crippen LogP contribution in [-0.4, -0.2) is 9.13 Å². The number of para-hydroxylation sites is 2. The molecule has 0 bridgehead atoms. The monoisotopic (exact) mass is 698 g/mol. The van der Waals surface area contributed by atoms with Crippen LogP contribution in [0.15, 0.2) is 186 Å². The third kappa shape index (κ3) is 3.79. The quantitative estimate of drug-likeness (QED) is 0.180. The third-order valence-electron chi connectivity index (χ3n) is 12.1. The van der Waals surface area contributed by atoms with Crippen LogP contribution in [0.4, 0.5) is 0 Å². The summed E-state index contributed by atoms with van der Waals surface area (Å²) < 4.78 is 11.6. The standard InChI is InChI=1S/C52H30N2O/c1-2-11-31(12-3-1)32-21-23-33(24-22-32)53-44-19-8-6-15-36(44)39-25-26-41-40-28-30-47-49(43-16-7-9-20-46(43)55-47)50(40)54(52(41)51(39)53)45-29-27-38-35-14-5-4-13-34(35)37-17-10-18-42(45)48(37)38/h1-30H. The summed E-state index contributed by atoms with van der Waals surface area (Å²) in [5.41, 5.74) is 16.4. The molecule has 0 aliphatic heterocycles. The Morgan fingerprint density at radius 3 is 1.75 bits per heavy atom. The van der Waals surface area contributed by atoms with Gasteiger partial charge in [-0.15, -0.1) is 0 Å². The zero-order valence-corrected chi connectivity index (χ0v) is 29.6. The first-order valence-electron chi connectivity index (χ1n) is 18.9. The molecule has 0 N–H and O–H groups in total. The Hall–Kier alpha value is -7.36. The minimum absolute atomic E-state index is 0.893. The first-order chi connectivity index (χ1) is 27.3. The molecule has 1 aliphatic carbocycles. The molecule has 13 rings (SSSR count). The second kappa shape index (κ2) is 10.6. The predicted molar refractivity (Wildman–Crippen MR) is 230 cm³/mol. The topological polar surface area (TPSA) is 23.0 Å². The molecule has 12 aromatic rings. The zero-order valence-electron chi connectivity index (χ0n) is 29.6. The summed E-state index contributed by atoms with van der Waals surface area (Å²) in [7, 11) is 0. The number of hydrogen-bond acceptors (Lipinski definition) is 1. The number of aromatic nitrogens is 2. The highest BCUT2D eigenvalue weighted by Crippen LogP contribution is 2.51. The molecule has 0 saturated carbocycles. The van der Waals surface area contributed by atoms with Gasteiger partial charge in [-0.25, -0.2) is 0 Å². The minimum Gasteiger partial charge on any atom is -0.456 e. The minimum atomic E-state index is 0.893. The van der Waals surface area contributed by atoms with Crippen LogP contribution in [0.2, 0.25) is 0 Å². The van der Waals surface area contributed by atoms with E-state index in [0.717, 1.165) is 38.8 Å². The lowest BCUT2D eigenvalue weighted by Crippen LogP contribution is -2.00. The Morgan fingerprint density at radius 2 is 0.909 bits per heavy atom. The Kier molecular flexibility index (Phi) is 5.63. The van der Waals surface area contributed by atoms with Gasteiger partial charge in [0.25, 0.3) is 0 Å². The van der Waals surface area contributed by atoms with Crippen molar-refractivity contribution in [3.05, 3.63) is 182 Å². The molecule has 0 radical (unpaired) electrons. The molecule has 0 saturated heterocycles. The molecule has 3 heterocycles. The highest BCUT2D eigenvalue weighted by atomic mass is 16.3. The van der Waals surface area contributed by atoms with Gasteiger partial charge >= 0.3 is 0 Å². The lowest BCUT2D eigenvalue weighted by atomic mass is 10.0. The fourth-order valence-corrected chi connectivity index (χ4v) is 9.77. The van der Waals surface area contributed by atoms with Gasteiger partial charge in [-0.2, -0.15) is 0 Å². The Morgan fingerprint density at radius 1 is 0.309 bits per heavy atom. The maximum Gasteiger partial charge on any atom is 0.137 e. The van der Waals surface area contributed by atoms with E-state index in [1.807, 2.05) is 0 Å². The number of rotatable bonds is 3. The molecule has 0 spiro atoms. The molecule has 0 atom stereocenters. The lowest BCUT2D eigenvalue weighted by Gasteiger charge is -2.16. The molecule has 55 heavy (non-hydrogen) atoms. The van der Waals surface area contributed by atoms with Gasteiger partial charge in [0.15, 0.2) is 0 Å². The number of furan rings is 1. The summed E-state index contributed by atoms with van der Waals surface area (Å²) in [6.45, 7) is 0. The first-order valence-corrected chi connectivity index (χ1v) is 18.9. The third-order valence-corrected chi connectivity index (χ3v) is 12.1. The normalized spacial score (nSPS) is 12.4. The maximum atomic E-state index is 6.58. The van der Waals surface area contributed by atoms with Gasteiger partial charge in [0, 0.05) is 38.0 Å². The van der Waals surface area contributed by atoms with Crippen molar-refractivity contribution in [1.82, 2.24) is 9.13 Å². The van der Waals surface area contributed by atoms with Crippen molar-refractivity contribution in [1.29, 1.82) is 0 Å². The Balaban J connectivity index is 1.24. The molecule has 9 aromatic carbocycles. The van der Waals surface area contributed by atoms with E-state index in [4.69, 9.17) is 4.42 Å². The Bertz CT molecular complexity index is 3550. The van der Waals surface area contributed by atoms with Gasteiger partial charge in [0.05, 0.1) is 33.1 Å². The van der Waals surface area contributed by atoms with Gasteiger partial charge in [-0.05, 0) is 81.2 Å². The Labute approximate surface area is 315 Å². The summed E-state index contributed by atoms with van der Waals surface area (Å²) in [6, 6.07) is 66.4. The second-order valence-electron chi connectivity index (χ2n) is 14.8. The van der Waals surface area contributed by atoms with Gasteiger partial charge in [0.2, 0.25) is 0 Å². The van der Waals surface area contributed by atoms with Crippen molar-refractivity contribution >= 4 is 76.3 Å². The fourth-order valence-electron chi connectivity index (χ4n) is 9.77. The summed E-state index contributed by atoms with van der Waals surface area (Å²) in [4.78, 5) is 0. The molecule has 0 unspecified atom stereocenters. The number of hydrogen-bond donors (Lipinski definition) is 0. The van der Waals surface area contributed by atoms with Crippen molar-refractivity contribution in [2.75, 3.05) is 0 Å². The van der Waals surface area contributed by atoms with Crippen LogP contribution in [0.25, 0.3) is 121 Å². The van der Waals surface area contributed by atoms with E-state index < -0.39 is 0 Å². The summed E-state index contributed by atoms with van der Waals surface area (Å²) in [5, 5.41) is 9.69. The van der Waals surface area contributed by atoms with Crippen molar-refractivity contribution in [3.63, 3.8) is 0 Å². The van der Waals surface area contributed by atoms with Crippen LogP contribution in [0.3, 0.4) is 0 Å². The predicted octanol–water partition coefficient (Wildman–Crippen LogP) is 14.2. The number of benzene rings is 9. The first kappa shape index (κ1) is 29.1. The van der Waals surface area contributed by atoms with Crippen molar-refractivity contribution in [2.45, 2.75) is 0 Å². The van der Waals surface area contributed by atoms with Gasteiger partial charge in [-0.3, -0.25) is 0 Å². The van der Waals surface area contributed by atoms with Crippen LogP contribution in [0, 0.1) is 0 Å². The maximum absolute atomic E-state index is 6.58. The zero-order chi connectivity index (χ0) is 35.8. The number of fused-ring (bicyclic) bond motifs is 14. The van der Waals surface area contributed by atoms with Gasteiger partial charge < -0.3 is 13.6 Å². The lowest BCUT2D eigenvalue weighted by molar-refractivity contribution is 0.669. The second-order valence-corrected chi connectivity index (χ2v) is 14.8. The molecule has 3 nitrogen and oxygen atoms in total. The molecule has 1 aliphatic rings. The van der Waals surface area contributed by atoms with E-state index in [1.165, 1.54) is 82.2 Å². The van der Waals surface area contributed by atoms with Crippen LogP contribution in [-0.2, 0) is 0 Å². The van der Waals surface area contributed by atoms with E-state index in [9.17, 15) is 0 Å². The van der Waals surface area contributed by atoms with Crippen LogP contribution in [0.1, 0.15) is 0 Å². The summed E-state index contributed by atoms with van der Waals surface area (Å²) in [6.07, 6.45) is 0. The molecule has 254 valence electrons. The summed E-state index contributed by atoms with van der Waals surface area (Å²) in [5.74, 6) is 0. The van der Waals surface area contributed by atoms with Crippen molar-refractivity contribution < 1.29 is 4.42 Å². The van der Waals surface area contributed by atoms with Gasteiger partial charge in [0.1, 0.15) is 11.2 Å². The van der Waals surface area contributed by atoms with Gasteiger partial charge in [-0.1, -0.05) is 140 Å². The van der Waals surface area contributed by atoms with E-state index in [2.05, 4.69) is 191 Å². The van der Waals surface area contributed by atoms with Crippen LogP contribution in [0.5, 0.6) is 0 Å². The van der Waals surface area contributed by atoms with E-state index in [0.29, 0.717) is 0 Å². The average molecular weight is 699 g/mol. The fraction of sp³-hybridized carbons (Fsp3) is 0. The molecular formula is C52H30N2O. The SMILES string of the molecule is c1ccc(-c2ccc(-n3c4ccccc4c4ccc5c6ccc7oc8ccccc8c7c6n(-c6ccc7c8c(cccc68)-c6ccccc6-7)c5c43)cc2)cc1. The molecule has 3 heteroatoms. The van der Waals surface area contributed by atoms with Crippen molar-refractivity contribution in [2.24, 2.45) is 0 Å². The number of nitrogens with zero attached hydrogens (tertiary/aromatic N) is 2. The van der Waals surface area contributed by atoms with Crippen LogP contribution < -0.4 is 0 Å². The van der Waals surface area contributed by atoms with E-state index in [-0.39, 0.29) is 0 Å². The average Bonchev–Trinajstić information content (AvgIpc) is 3.99. The highest BCUT2D eigenvalue weighted by Gasteiger charge is 2.27. The largest absolute Gasteiger partial charge is 0.456 e. The van der Waals surface area contributed by atoms with E-state index >= 15 is 0 Å². The molecular weight excluding hydrogens is 669 g/mol. The van der Waals surface area contributed by atoms with E-state index in [1.54, 1.807) is 0 Å². The van der Waals surface area contributed by atoms with Crippen molar-refractivity contribution in [3.8, 4) is 44.8 Å². The molecule has 3 aromatic heterocycles. The summed E-state index contributed by atoms with van der Waals surface area (Å²) >= 11 is 0. The smallest absolute Gasteiger partial charge is 0.137 e. The molecule has 0 amide bonds. The molecule has 0 fully saturated rings. The van der Waals surface area contributed by atoms with Crippen LogP contribution >= 0.6 is 0 Å².